The van der Waals surface area contributed by atoms with E-state index in [9.17, 15) is 14.9 Å². The van der Waals surface area contributed by atoms with E-state index in [1.54, 1.807) is 11.8 Å². The van der Waals surface area contributed by atoms with Gasteiger partial charge in [-0.15, -0.1) is 0 Å². The van der Waals surface area contributed by atoms with Crippen molar-refractivity contribution >= 4 is 18.0 Å². The number of carbonyl (C=O) groups excluding carboxylic acids is 2. The molecule has 0 spiro atoms. The lowest BCUT2D eigenvalue weighted by Gasteiger charge is -2.46. The summed E-state index contributed by atoms with van der Waals surface area (Å²) >= 11 is 0. The minimum atomic E-state index is -0.975. The van der Waals surface area contributed by atoms with Gasteiger partial charge >= 0.3 is 6.09 Å². The van der Waals surface area contributed by atoms with Crippen molar-refractivity contribution in [3.63, 3.8) is 0 Å². The second kappa shape index (κ2) is 13.8. The van der Waals surface area contributed by atoms with E-state index in [0.717, 1.165) is 5.56 Å². The van der Waals surface area contributed by atoms with Gasteiger partial charge in [-0.2, -0.15) is 5.26 Å². The molecule has 2 heterocycles. The molecular formula is C29H44N6O4. The molecule has 0 radical (unpaired) electrons. The van der Waals surface area contributed by atoms with Gasteiger partial charge in [0.05, 0.1) is 31.9 Å². The first kappa shape index (κ1) is 30.4. The van der Waals surface area contributed by atoms with Crippen LogP contribution in [0.3, 0.4) is 0 Å². The van der Waals surface area contributed by atoms with Crippen LogP contribution in [0, 0.1) is 16.7 Å². The van der Waals surface area contributed by atoms with E-state index in [0.29, 0.717) is 64.6 Å². The highest BCUT2D eigenvalue weighted by Crippen LogP contribution is 2.36. The number of hydrogen-bond donors (Lipinski definition) is 2. The van der Waals surface area contributed by atoms with Crippen LogP contribution in [0.2, 0.25) is 0 Å². The van der Waals surface area contributed by atoms with Crippen molar-refractivity contribution in [1.82, 2.24) is 20.4 Å². The zero-order valence-corrected chi connectivity index (χ0v) is 24.0. The Balaban J connectivity index is 2.10. The molecule has 0 aromatic heterocycles. The number of nitrogens with one attached hydrogen (secondary N) is 2. The summed E-state index contributed by atoms with van der Waals surface area (Å²) in [5.41, 5.74) is -0.272. The Labute approximate surface area is 232 Å². The molecule has 2 N–H and O–H groups in total. The molecule has 39 heavy (non-hydrogen) atoms. The molecule has 1 aromatic carbocycles. The van der Waals surface area contributed by atoms with Gasteiger partial charge in [0.15, 0.2) is 0 Å². The second-order valence-corrected chi connectivity index (χ2v) is 11.4. The average Bonchev–Trinajstić information content (AvgIpc) is 2.93. The number of morpholine rings is 1. The minimum absolute atomic E-state index is 0.216. The fourth-order valence-corrected chi connectivity index (χ4v) is 5.20. The maximum Gasteiger partial charge on any atom is 0.413 e. The molecular weight excluding hydrogens is 496 g/mol. The van der Waals surface area contributed by atoms with Crippen molar-refractivity contribution in [3.05, 3.63) is 35.9 Å². The largest absolute Gasteiger partial charge is 0.450 e. The topological polar surface area (TPSA) is 119 Å². The quantitative estimate of drug-likeness (QED) is 0.402. The molecule has 0 saturated carbocycles. The number of amides is 2. The number of ether oxygens (including phenoxy) is 2. The van der Waals surface area contributed by atoms with Crippen LogP contribution in [0.1, 0.15) is 65.5 Å². The van der Waals surface area contributed by atoms with Crippen molar-refractivity contribution in [2.75, 3.05) is 46.0 Å². The van der Waals surface area contributed by atoms with Gasteiger partial charge in [-0.05, 0) is 57.2 Å². The smallest absolute Gasteiger partial charge is 0.413 e. The van der Waals surface area contributed by atoms with Crippen LogP contribution in [0.25, 0.3) is 0 Å². The molecule has 3 rings (SSSR count). The summed E-state index contributed by atoms with van der Waals surface area (Å²) in [4.78, 5) is 35.8. The van der Waals surface area contributed by atoms with Gasteiger partial charge in [0.25, 0.3) is 0 Å². The number of aliphatic imine (C=N–C) groups is 1. The van der Waals surface area contributed by atoms with Crippen molar-refractivity contribution < 1.29 is 19.1 Å². The monoisotopic (exact) mass is 540 g/mol. The molecule has 2 unspecified atom stereocenters. The van der Waals surface area contributed by atoms with Crippen molar-refractivity contribution in [2.45, 2.75) is 71.5 Å². The van der Waals surface area contributed by atoms with Crippen molar-refractivity contribution in [1.29, 1.82) is 5.26 Å². The lowest BCUT2D eigenvalue weighted by molar-refractivity contribution is -0.142. The first-order valence-corrected chi connectivity index (χ1v) is 13.9. The third kappa shape index (κ3) is 8.16. The Morgan fingerprint density at radius 1 is 1.23 bits per heavy atom. The molecule has 2 amide bonds. The summed E-state index contributed by atoms with van der Waals surface area (Å²) < 4.78 is 10.6. The van der Waals surface area contributed by atoms with Gasteiger partial charge in [0.2, 0.25) is 11.9 Å². The molecule has 0 aliphatic carbocycles. The van der Waals surface area contributed by atoms with Crippen molar-refractivity contribution in [2.24, 2.45) is 10.4 Å². The predicted molar refractivity (Wildman–Crippen MR) is 150 cm³/mol. The van der Waals surface area contributed by atoms with E-state index in [2.05, 4.69) is 37.5 Å². The molecule has 2 atom stereocenters. The third-order valence-corrected chi connectivity index (χ3v) is 7.18. The number of rotatable bonds is 7. The molecule has 0 bridgehead atoms. The van der Waals surface area contributed by atoms with Crippen LogP contribution in [-0.2, 0) is 14.3 Å². The lowest BCUT2D eigenvalue weighted by Crippen LogP contribution is -2.59. The molecule has 10 heteroatoms. The predicted octanol–water partition coefficient (Wildman–Crippen LogP) is 3.46. The molecule has 10 nitrogen and oxygen atoms in total. The zero-order chi connectivity index (χ0) is 28.5. The fraction of sp³-hybridized carbons (Fsp3) is 0.655. The number of nitrogens with zero attached hydrogens (tertiary/aromatic N) is 4. The number of hydrogen-bond acceptors (Lipinski definition) is 7. The maximum atomic E-state index is 14.7. The number of nitriles is 1. The number of piperidine rings is 1. The van der Waals surface area contributed by atoms with Gasteiger partial charge < -0.3 is 24.6 Å². The molecule has 2 aliphatic rings. The van der Waals surface area contributed by atoms with Crippen molar-refractivity contribution in [3.8, 4) is 6.07 Å². The highest BCUT2D eigenvalue weighted by atomic mass is 16.5. The molecule has 2 aliphatic heterocycles. The van der Waals surface area contributed by atoms with Crippen LogP contribution < -0.4 is 10.6 Å². The van der Waals surface area contributed by atoms with E-state index >= 15 is 0 Å². The Bertz CT molecular complexity index is 1020. The van der Waals surface area contributed by atoms with Gasteiger partial charge in [-0.3, -0.25) is 10.1 Å². The molecule has 1 aromatic rings. The van der Waals surface area contributed by atoms with Gasteiger partial charge in [-0.1, -0.05) is 51.1 Å². The highest BCUT2D eigenvalue weighted by molar-refractivity contribution is 5.96. The van der Waals surface area contributed by atoms with Crippen LogP contribution >= 0.6 is 0 Å². The van der Waals surface area contributed by atoms with Crippen LogP contribution in [0.4, 0.5) is 4.79 Å². The lowest BCUT2D eigenvalue weighted by atomic mass is 9.83. The summed E-state index contributed by atoms with van der Waals surface area (Å²) in [6, 6.07) is 11.2. The normalized spacial score (nSPS) is 19.4. The highest BCUT2D eigenvalue weighted by Gasteiger charge is 2.46. The van der Waals surface area contributed by atoms with E-state index in [-0.39, 0.29) is 24.0 Å². The Morgan fingerprint density at radius 2 is 1.87 bits per heavy atom. The Morgan fingerprint density at radius 3 is 2.44 bits per heavy atom. The third-order valence-electron chi connectivity index (χ3n) is 7.18. The van der Waals surface area contributed by atoms with Gasteiger partial charge in [0.1, 0.15) is 11.6 Å². The van der Waals surface area contributed by atoms with Crippen LogP contribution in [0.15, 0.2) is 35.3 Å². The minimum Gasteiger partial charge on any atom is -0.450 e. The average molecular weight is 541 g/mol. The van der Waals surface area contributed by atoms with E-state index in [1.807, 2.05) is 42.2 Å². The first-order valence-electron chi connectivity index (χ1n) is 13.9. The van der Waals surface area contributed by atoms with Crippen LogP contribution in [-0.4, -0.2) is 85.3 Å². The molecule has 2 saturated heterocycles. The Hall–Kier alpha value is -3.16. The van der Waals surface area contributed by atoms with E-state index in [4.69, 9.17) is 14.5 Å². The maximum absolute atomic E-state index is 14.7. The SMILES string of the molecule is CCOC(=O)NC(=NC(CC(C)(C)C)C(=O)N(C(C)c1ccccc1)C1(C#N)CCNCC1)N1CCOCC1. The number of carbonyl (C=O) groups is 2. The number of guanidine groups is 1. The fourth-order valence-electron chi connectivity index (χ4n) is 5.20. The second-order valence-electron chi connectivity index (χ2n) is 11.4. The summed E-state index contributed by atoms with van der Waals surface area (Å²) in [6.07, 6.45) is 0.860. The summed E-state index contributed by atoms with van der Waals surface area (Å²) in [5, 5.41) is 16.6. The first-order chi connectivity index (χ1) is 18.6. The van der Waals surface area contributed by atoms with Gasteiger partial charge in [0, 0.05) is 13.1 Å². The summed E-state index contributed by atoms with van der Waals surface area (Å²) in [7, 11) is 0. The summed E-state index contributed by atoms with van der Waals surface area (Å²) in [6.45, 7) is 13.4. The van der Waals surface area contributed by atoms with Crippen LogP contribution in [0.5, 0.6) is 0 Å². The van der Waals surface area contributed by atoms with E-state index < -0.39 is 17.7 Å². The number of benzene rings is 1. The van der Waals surface area contributed by atoms with Gasteiger partial charge in [-0.25, -0.2) is 9.79 Å². The standard InChI is InChI=1S/C29H44N6O4/c1-6-39-27(37)33-26(34-16-18-38-19-17-34)32-24(20-28(3,4)5)25(36)35(22(2)23-10-8-7-9-11-23)29(21-30)12-14-31-15-13-29/h7-11,22,24,31H,6,12-20H2,1-5H3,(H,32,33,37). The number of alkyl carbamates (subject to hydrolysis) is 1. The molecule has 2 fully saturated rings. The van der Waals surface area contributed by atoms with E-state index in [1.165, 1.54) is 0 Å². The molecule has 214 valence electrons. The zero-order valence-electron chi connectivity index (χ0n) is 24.0. The Kier molecular flexibility index (Phi) is 10.7. The summed E-state index contributed by atoms with van der Waals surface area (Å²) in [5.74, 6) is 0.0733.